The van der Waals surface area contributed by atoms with Gasteiger partial charge in [0.05, 0.1) is 19.1 Å². The van der Waals surface area contributed by atoms with Crippen LogP contribution in [0.15, 0.2) is 78.9 Å². The van der Waals surface area contributed by atoms with E-state index in [0.29, 0.717) is 17.0 Å². The van der Waals surface area contributed by atoms with Crippen LogP contribution in [-0.4, -0.2) is 36.7 Å². The first-order valence-electron chi connectivity index (χ1n) is 12.9. The topological polar surface area (TPSA) is 75.7 Å². The Kier molecular flexibility index (Phi) is 5.35. The monoisotopic (exact) mass is 506 g/mol. The Morgan fingerprint density at radius 3 is 2.47 bits per heavy atom. The summed E-state index contributed by atoms with van der Waals surface area (Å²) in [6.07, 6.45) is 4.00. The van der Waals surface area contributed by atoms with Gasteiger partial charge >= 0.3 is 0 Å². The molecule has 38 heavy (non-hydrogen) atoms. The van der Waals surface area contributed by atoms with Gasteiger partial charge in [0.2, 0.25) is 5.91 Å². The number of nitrogens with zero attached hydrogens (tertiary/aromatic N) is 1. The minimum absolute atomic E-state index is 0.0806. The smallest absolute Gasteiger partial charge is 0.238 e. The summed E-state index contributed by atoms with van der Waals surface area (Å²) in [5.41, 5.74) is 1.58. The molecule has 6 rings (SSSR count). The van der Waals surface area contributed by atoms with Crippen LogP contribution in [0.3, 0.4) is 0 Å². The van der Waals surface area contributed by atoms with Gasteiger partial charge in [-0.2, -0.15) is 0 Å². The van der Waals surface area contributed by atoms with Gasteiger partial charge in [-0.15, -0.1) is 0 Å². The van der Waals surface area contributed by atoms with Crippen LogP contribution in [0.4, 0.5) is 11.4 Å². The number of benzene rings is 3. The molecular weight excluding hydrogens is 476 g/mol. The number of carbonyl (C=O) groups excluding carboxylic acids is 3. The van der Waals surface area contributed by atoms with Gasteiger partial charge in [-0.05, 0) is 35.4 Å². The Morgan fingerprint density at radius 2 is 1.71 bits per heavy atom. The zero-order valence-corrected chi connectivity index (χ0v) is 21.9. The number of hydrogen-bond donors (Lipinski definition) is 1. The normalized spacial score (nSPS) is 25.0. The lowest BCUT2D eigenvalue weighted by Gasteiger charge is -2.38. The van der Waals surface area contributed by atoms with E-state index in [2.05, 4.69) is 5.32 Å². The molecule has 0 aliphatic carbocycles. The van der Waals surface area contributed by atoms with Crippen molar-refractivity contribution < 1.29 is 19.1 Å². The summed E-state index contributed by atoms with van der Waals surface area (Å²) in [5.74, 6) is -1.02. The van der Waals surface area contributed by atoms with Crippen molar-refractivity contribution >= 4 is 34.9 Å². The summed E-state index contributed by atoms with van der Waals surface area (Å²) >= 11 is 0. The van der Waals surface area contributed by atoms with E-state index >= 15 is 0 Å². The molecule has 1 spiro atoms. The second-order valence-electron chi connectivity index (χ2n) is 11.3. The zero-order chi connectivity index (χ0) is 26.8. The first-order valence-corrected chi connectivity index (χ1v) is 12.9. The third-order valence-corrected chi connectivity index (χ3v) is 8.19. The van der Waals surface area contributed by atoms with Gasteiger partial charge in [0.25, 0.3) is 0 Å². The minimum Gasteiger partial charge on any atom is -0.497 e. The van der Waals surface area contributed by atoms with Crippen molar-refractivity contribution in [2.45, 2.75) is 38.3 Å². The number of carbonyl (C=O) groups is 3. The lowest BCUT2D eigenvalue weighted by molar-refractivity contribution is -0.128. The van der Waals surface area contributed by atoms with Crippen molar-refractivity contribution in [2.75, 3.05) is 17.3 Å². The van der Waals surface area contributed by atoms with Crippen molar-refractivity contribution in [2.24, 2.45) is 11.3 Å². The standard InChI is InChI=1S/C32H30N2O4/c1-31(2,3)29(36)27-26(28(35)20-11-9-12-21(18-20)38-4)32(22-13-6-7-14-23(22)33-30(32)37)25-17-16-19-10-5-8-15-24(19)34(25)27/h5-18,25-27H,1-4H3,(H,33,37)/t25-,26-,27+,32-/m0/s1. The molecule has 0 aromatic heterocycles. The lowest BCUT2D eigenvalue weighted by Crippen LogP contribution is -2.51. The minimum atomic E-state index is -1.30. The number of hydrogen-bond acceptors (Lipinski definition) is 5. The molecule has 192 valence electrons. The molecule has 3 aromatic carbocycles. The average molecular weight is 507 g/mol. The number of anilines is 2. The molecular formula is C32H30N2O4. The van der Waals surface area contributed by atoms with E-state index in [1.54, 1.807) is 31.4 Å². The van der Waals surface area contributed by atoms with E-state index in [1.165, 1.54) is 0 Å². The Balaban J connectivity index is 1.68. The maximum absolute atomic E-state index is 14.7. The van der Waals surface area contributed by atoms with Crippen LogP contribution in [-0.2, 0) is 15.0 Å². The Labute approximate surface area is 222 Å². The van der Waals surface area contributed by atoms with Gasteiger partial charge in [-0.1, -0.05) is 81.5 Å². The van der Waals surface area contributed by atoms with Crippen molar-refractivity contribution in [3.05, 3.63) is 95.6 Å². The second kappa shape index (κ2) is 8.42. The van der Waals surface area contributed by atoms with Gasteiger partial charge < -0.3 is 15.0 Å². The number of amides is 1. The van der Waals surface area contributed by atoms with E-state index in [9.17, 15) is 14.4 Å². The molecule has 3 aromatic rings. The van der Waals surface area contributed by atoms with Crippen molar-refractivity contribution in [1.82, 2.24) is 0 Å². The van der Waals surface area contributed by atoms with E-state index in [1.807, 2.05) is 86.4 Å². The van der Waals surface area contributed by atoms with Crippen LogP contribution < -0.4 is 15.0 Å². The number of Topliss-reactive ketones (excluding diaryl/α,β-unsaturated/α-hetero) is 2. The molecule has 0 bridgehead atoms. The maximum atomic E-state index is 14.7. The number of methoxy groups -OCH3 is 1. The summed E-state index contributed by atoms with van der Waals surface area (Å²) in [6, 6.07) is 20.9. The second-order valence-corrected chi connectivity index (χ2v) is 11.3. The summed E-state index contributed by atoms with van der Waals surface area (Å²) in [7, 11) is 1.55. The third-order valence-electron chi connectivity index (χ3n) is 8.19. The highest BCUT2D eigenvalue weighted by atomic mass is 16.5. The molecule has 4 atom stereocenters. The highest BCUT2D eigenvalue weighted by molar-refractivity contribution is 6.17. The number of ether oxygens (including phenoxy) is 1. The number of nitrogens with one attached hydrogen (secondary N) is 1. The predicted octanol–water partition coefficient (Wildman–Crippen LogP) is 5.28. The zero-order valence-electron chi connectivity index (χ0n) is 21.9. The number of rotatable bonds is 4. The van der Waals surface area contributed by atoms with Crippen LogP contribution in [0, 0.1) is 11.3 Å². The maximum Gasteiger partial charge on any atom is 0.238 e. The van der Waals surface area contributed by atoms with Crippen molar-refractivity contribution in [3.63, 3.8) is 0 Å². The molecule has 6 nitrogen and oxygen atoms in total. The molecule has 0 radical (unpaired) electrons. The average Bonchev–Trinajstić information content (AvgIpc) is 3.40. The molecule has 6 heteroatoms. The quantitative estimate of drug-likeness (QED) is 0.487. The Morgan fingerprint density at radius 1 is 0.974 bits per heavy atom. The molecule has 0 unspecified atom stereocenters. The molecule has 1 saturated heterocycles. The summed E-state index contributed by atoms with van der Waals surface area (Å²) < 4.78 is 5.41. The van der Waals surface area contributed by atoms with Gasteiger partial charge in [0, 0.05) is 22.4 Å². The molecule has 3 heterocycles. The highest BCUT2D eigenvalue weighted by Gasteiger charge is 2.70. The summed E-state index contributed by atoms with van der Waals surface area (Å²) in [6.45, 7) is 5.62. The van der Waals surface area contributed by atoms with Crippen molar-refractivity contribution in [1.29, 1.82) is 0 Å². The molecule has 3 aliphatic heterocycles. The predicted molar refractivity (Wildman–Crippen MR) is 148 cm³/mol. The Hall–Kier alpha value is -4.19. The van der Waals surface area contributed by atoms with E-state index in [4.69, 9.17) is 4.74 Å². The number of fused-ring (bicyclic) bond motifs is 6. The molecule has 0 saturated carbocycles. The molecule has 1 N–H and O–H groups in total. The fraction of sp³-hybridized carbons (Fsp3) is 0.281. The number of para-hydroxylation sites is 2. The van der Waals surface area contributed by atoms with Crippen LogP contribution in [0.25, 0.3) is 6.08 Å². The Bertz CT molecular complexity index is 1520. The SMILES string of the molecule is COc1cccc(C(=O)[C@@H]2[C@H](C(=O)C(C)(C)C)N3c4ccccc4C=C[C@H]3[C@]23C(=O)Nc2ccccc23)c1. The third kappa shape index (κ3) is 3.22. The summed E-state index contributed by atoms with van der Waals surface area (Å²) in [5, 5.41) is 3.06. The molecule has 1 amide bonds. The highest BCUT2D eigenvalue weighted by Crippen LogP contribution is 2.58. The fourth-order valence-corrected chi connectivity index (χ4v) is 6.52. The summed E-state index contributed by atoms with van der Waals surface area (Å²) in [4.78, 5) is 45.4. The largest absolute Gasteiger partial charge is 0.497 e. The van der Waals surface area contributed by atoms with Crippen LogP contribution >= 0.6 is 0 Å². The van der Waals surface area contributed by atoms with Gasteiger partial charge in [-0.25, -0.2) is 0 Å². The van der Waals surface area contributed by atoms with Crippen LogP contribution in [0.2, 0.25) is 0 Å². The van der Waals surface area contributed by atoms with Crippen LogP contribution in [0.1, 0.15) is 42.3 Å². The van der Waals surface area contributed by atoms with Gasteiger partial charge in [-0.3, -0.25) is 14.4 Å². The first kappa shape index (κ1) is 24.2. The molecule has 1 fully saturated rings. The van der Waals surface area contributed by atoms with E-state index < -0.39 is 28.8 Å². The van der Waals surface area contributed by atoms with E-state index in [-0.39, 0.29) is 17.5 Å². The number of ketones is 2. The first-order chi connectivity index (χ1) is 18.2. The van der Waals surface area contributed by atoms with Gasteiger partial charge in [0.15, 0.2) is 11.6 Å². The fourth-order valence-electron chi connectivity index (χ4n) is 6.52. The lowest BCUT2D eigenvalue weighted by atomic mass is 9.63. The van der Waals surface area contributed by atoms with Crippen LogP contribution in [0.5, 0.6) is 5.75 Å². The van der Waals surface area contributed by atoms with E-state index in [0.717, 1.165) is 16.8 Å². The van der Waals surface area contributed by atoms with Gasteiger partial charge in [0.1, 0.15) is 17.2 Å². The van der Waals surface area contributed by atoms with Crippen molar-refractivity contribution in [3.8, 4) is 5.75 Å². The molecule has 3 aliphatic rings.